The lowest BCUT2D eigenvalue weighted by molar-refractivity contribution is -0.00514. The average Bonchev–Trinajstić information content (AvgIpc) is 2.65. The third-order valence-electron chi connectivity index (χ3n) is 19.2. The number of hydrogen-bond donors (Lipinski definition) is 0. The third-order valence-corrected chi connectivity index (χ3v) is 20.3. The molecule has 4 bridgehead atoms. The minimum atomic E-state index is -0.0604. The van der Waals surface area contributed by atoms with E-state index in [-0.39, 0.29) is 39.2 Å². The summed E-state index contributed by atoms with van der Waals surface area (Å²) in [5.74, 6) is 2.48. The minimum absolute atomic E-state index is 0.000789. The number of benzene rings is 7. The van der Waals surface area contributed by atoms with Gasteiger partial charge in [0.15, 0.2) is 0 Å². The van der Waals surface area contributed by atoms with Crippen LogP contribution in [0.5, 0.6) is 0 Å². The highest BCUT2D eigenvalue weighted by atomic mass is 32.1. The summed E-state index contributed by atoms with van der Waals surface area (Å²) < 4.78 is 1.23. The zero-order valence-electron chi connectivity index (χ0n) is 49.5. The van der Waals surface area contributed by atoms with E-state index < -0.39 is 0 Å². The van der Waals surface area contributed by atoms with Crippen LogP contribution in [0.3, 0.4) is 0 Å². The predicted molar refractivity (Wildman–Crippen MR) is 338 cm³/mol. The molecule has 7 aromatic carbocycles. The number of thiazole rings is 1. The third kappa shape index (κ3) is 8.70. The second kappa shape index (κ2) is 17.5. The first-order chi connectivity index (χ1) is 36.7. The largest absolute Gasteiger partial charge is 0.311 e. The van der Waals surface area contributed by atoms with Crippen molar-refractivity contribution in [2.75, 3.05) is 9.80 Å². The molecule has 4 aliphatic carbocycles. The molecular formula is C73H82BN3S. The summed E-state index contributed by atoms with van der Waals surface area (Å²) in [7, 11) is 0. The SMILES string of the molecule is CC(C)(C)c1ccc(-c2ccc(-c3nc4cc5c(cc4s3)B3c4cc(C(C)(C)C)ccc4N(c4ccc(C(C)(C)C)cc4)c4cc(C67CC8CC(CC(C8)C6)C7)cc(c43)N5c3cc(C(C)(C)C)cc(C(C)(C)C)c3)cc2)cc1. The zero-order chi connectivity index (χ0) is 54.8. The van der Waals surface area contributed by atoms with Gasteiger partial charge in [-0.05, 0) is 204 Å². The normalized spacial score (nSPS) is 20.8. The highest BCUT2D eigenvalue weighted by Crippen LogP contribution is 2.62. The lowest BCUT2D eigenvalue weighted by atomic mass is 9.33. The molecule has 6 aliphatic rings. The Balaban J connectivity index is 1.08. The fourth-order valence-electron chi connectivity index (χ4n) is 15.0. The van der Waals surface area contributed by atoms with Crippen LogP contribution >= 0.6 is 11.3 Å². The van der Waals surface area contributed by atoms with Crippen LogP contribution in [0.4, 0.5) is 34.1 Å². The van der Waals surface area contributed by atoms with E-state index in [1.54, 1.807) is 5.56 Å². The number of aromatic nitrogens is 1. The Hall–Kier alpha value is -5.91. The highest BCUT2D eigenvalue weighted by molar-refractivity contribution is 7.21. The first-order valence-corrected chi connectivity index (χ1v) is 30.4. The van der Waals surface area contributed by atoms with Gasteiger partial charge in [-0.15, -0.1) is 11.3 Å². The fraction of sp³-hybridized carbons (Fsp3) is 0.411. The van der Waals surface area contributed by atoms with Crippen LogP contribution < -0.4 is 26.2 Å². The van der Waals surface area contributed by atoms with Crippen molar-refractivity contribution in [2.24, 2.45) is 17.8 Å². The van der Waals surface area contributed by atoms with Crippen LogP contribution in [0.1, 0.15) is 176 Å². The van der Waals surface area contributed by atoms with Crippen molar-refractivity contribution in [1.29, 1.82) is 0 Å². The quantitative estimate of drug-likeness (QED) is 0.160. The van der Waals surface area contributed by atoms with Gasteiger partial charge in [0, 0.05) is 39.7 Å². The Morgan fingerprint density at radius 3 is 1.38 bits per heavy atom. The van der Waals surface area contributed by atoms with Gasteiger partial charge in [-0.2, -0.15) is 0 Å². The van der Waals surface area contributed by atoms with E-state index >= 15 is 0 Å². The van der Waals surface area contributed by atoms with Crippen LogP contribution in [-0.2, 0) is 32.5 Å². The molecule has 0 unspecified atom stereocenters. The average molecular weight is 1040 g/mol. The Morgan fingerprint density at radius 2 is 0.872 bits per heavy atom. The number of nitrogens with zero attached hydrogens (tertiary/aromatic N) is 3. The molecule has 8 aromatic rings. The molecule has 3 nitrogen and oxygen atoms in total. The van der Waals surface area contributed by atoms with E-state index in [2.05, 4.69) is 247 Å². The Kier molecular flexibility index (Phi) is 11.6. The maximum Gasteiger partial charge on any atom is 0.252 e. The number of fused-ring (bicyclic) bond motifs is 5. The van der Waals surface area contributed by atoms with Crippen molar-refractivity contribution >= 4 is 78.8 Å². The second-order valence-electron chi connectivity index (χ2n) is 30.1. The summed E-state index contributed by atoms with van der Waals surface area (Å²) in [5, 5.41) is 1.06. The van der Waals surface area contributed by atoms with Crippen LogP contribution in [0.25, 0.3) is 31.9 Å². The fourth-order valence-corrected chi connectivity index (χ4v) is 16.0. The standard InChI is InChI=1S/C73H82BN3S/c1-68(2,3)50-22-20-48(21-23-50)47-16-18-49(19-17-47)67-75-60-40-62-59(39-65(60)78-67)74-58-36-52(70(7,8)9)26-29-61(58)76(56-27-24-51(25-28-56)69(4,5)6)63-37-55(73-41-44-30-45(42-73)32-46(31-44)43-73)38-64(66(63)74)77(62)57-34-53(71(10,11)12)33-54(35-57)72(13,14)15/h16-29,33-40,44-46H,30-32,41-43H2,1-15H3. The van der Waals surface area contributed by atoms with Gasteiger partial charge < -0.3 is 9.80 Å². The molecular weight excluding hydrogens is 962 g/mol. The predicted octanol–water partition coefficient (Wildman–Crippen LogP) is 18.7. The molecule has 14 rings (SSSR count). The lowest BCUT2D eigenvalue weighted by Crippen LogP contribution is -2.61. The molecule has 0 radical (unpaired) electrons. The molecule has 5 heteroatoms. The molecule has 1 aromatic heterocycles. The molecule has 0 amide bonds. The van der Waals surface area contributed by atoms with Crippen LogP contribution in [0.15, 0.2) is 133 Å². The van der Waals surface area contributed by atoms with Crippen molar-refractivity contribution < 1.29 is 0 Å². The number of hydrogen-bond acceptors (Lipinski definition) is 4. The number of rotatable bonds is 5. The summed E-state index contributed by atoms with van der Waals surface area (Å²) >= 11 is 1.84. The maximum atomic E-state index is 5.61. The molecule has 4 fully saturated rings. The van der Waals surface area contributed by atoms with Gasteiger partial charge >= 0.3 is 0 Å². The van der Waals surface area contributed by atoms with Gasteiger partial charge in [-0.1, -0.05) is 183 Å². The van der Waals surface area contributed by atoms with Gasteiger partial charge in [0.2, 0.25) is 0 Å². The van der Waals surface area contributed by atoms with Crippen molar-refractivity contribution in [3.8, 4) is 21.7 Å². The monoisotopic (exact) mass is 1040 g/mol. The smallest absolute Gasteiger partial charge is 0.252 e. The highest BCUT2D eigenvalue weighted by Gasteiger charge is 2.53. The summed E-state index contributed by atoms with van der Waals surface area (Å²) in [6.45, 7) is 35.3. The van der Waals surface area contributed by atoms with Gasteiger partial charge in [-0.25, -0.2) is 4.98 Å². The van der Waals surface area contributed by atoms with Crippen molar-refractivity contribution in [2.45, 2.75) is 175 Å². The molecule has 398 valence electrons. The van der Waals surface area contributed by atoms with Crippen LogP contribution in [0, 0.1) is 17.8 Å². The van der Waals surface area contributed by atoms with E-state index in [4.69, 9.17) is 4.98 Å². The molecule has 0 atom stereocenters. The Morgan fingerprint density at radius 1 is 0.423 bits per heavy atom. The van der Waals surface area contributed by atoms with Gasteiger partial charge in [0.05, 0.1) is 10.2 Å². The number of anilines is 6. The van der Waals surface area contributed by atoms with Gasteiger partial charge in [0.25, 0.3) is 6.71 Å². The van der Waals surface area contributed by atoms with Crippen molar-refractivity contribution in [3.63, 3.8) is 0 Å². The van der Waals surface area contributed by atoms with E-state index in [0.29, 0.717) is 0 Å². The van der Waals surface area contributed by atoms with Crippen molar-refractivity contribution in [3.05, 3.63) is 167 Å². The Labute approximate surface area is 472 Å². The molecule has 0 spiro atoms. The maximum absolute atomic E-state index is 5.61. The first kappa shape index (κ1) is 51.5. The summed E-state index contributed by atoms with van der Waals surface area (Å²) in [6.07, 6.45) is 8.19. The van der Waals surface area contributed by atoms with Gasteiger partial charge in [-0.3, -0.25) is 0 Å². The van der Waals surface area contributed by atoms with E-state index in [9.17, 15) is 0 Å². The zero-order valence-corrected chi connectivity index (χ0v) is 50.3. The first-order valence-electron chi connectivity index (χ1n) is 29.5. The van der Waals surface area contributed by atoms with E-state index in [1.807, 2.05) is 11.3 Å². The van der Waals surface area contributed by atoms with Gasteiger partial charge in [0.1, 0.15) is 5.01 Å². The van der Waals surface area contributed by atoms with Crippen LogP contribution in [0.2, 0.25) is 0 Å². The lowest BCUT2D eigenvalue weighted by Gasteiger charge is -2.57. The molecule has 78 heavy (non-hydrogen) atoms. The second-order valence-corrected chi connectivity index (χ2v) is 31.2. The van der Waals surface area contributed by atoms with Crippen LogP contribution in [-0.4, -0.2) is 11.7 Å². The summed E-state index contributed by atoms with van der Waals surface area (Å²) in [6, 6.07) is 53.5. The molecule has 4 saturated carbocycles. The van der Waals surface area contributed by atoms with Crippen molar-refractivity contribution in [1.82, 2.24) is 4.98 Å². The topological polar surface area (TPSA) is 19.4 Å². The summed E-state index contributed by atoms with van der Waals surface area (Å²) in [4.78, 5) is 11.0. The van der Waals surface area contributed by atoms with E-state index in [0.717, 1.165) is 33.8 Å². The molecule has 2 aliphatic heterocycles. The molecule has 3 heterocycles. The van der Waals surface area contributed by atoms with E-state index in [1.165, 1.54) is 133 Å². The Bertz CT molecular complexity index is 3600. The molecule has 0 N–H and O–H groups in total. The minimum Gasteiger partial charge on any atom is -0.311 e. The summed E-state index contributed by atoms with van der Waals surface area (Å²) in [5.41, 5.74) is 25.1. The molecule has 0 saturated heterocycles.